The van der Waals surface area contributed by atoms with Gasteiger partial charge in [0.25, 0.3) is 0 Å². The Morgan fingerprint density at radius 3 is 1.76 bits per heavy atom. The van der Waals surface area contributed by atoms with Crippen molar-refractivity contribution in [2.75, 3.05) is 0 Å². The smallest absolute Gasteiger partial charge is 0.330 e. The maximum atomic E-state index is 10.8. The van der Waals surface area contributed by atoms with Crippen molar-refractivity contribution in [3.8, 4) is 0 Å². The number of allylic oxidation sites excluding steroid dienone is 1. The minimum Gasteiger partial charge on any atom is -0.478 e. The molecule has 0 saturated heterocycles. The van der Waals surface area contributed by atoms with Crippen molar-refractivity contribution in [2.24, 2.45) is 0 Å². The highest BCUT2D eigenvalue weighted by Crippen LogP contribution is 2.26. The first kappa shape index (κ1) is 20.8. The number of carboxylic acids is 1. The number of unbranched alkanes of at least 4 members (excludes halogenated alkanes) is 1. The molecular weight excluding hydrogens is 316 g/mol. The molecule has 0 aliphatic heterocycles. The summed E-state index contributed by atoms with van der Waals surface area (Å²) in [6, 6.07) is 0.922. The van der Waals surface area contributed by atoms with Crippen LogP contribution in [0, 0.1) is 0 Å². The van der Waals surface area contributed by atoms with Gasteiger partial charge in [0.05, 0.1) is 0 Å². The highest BCUT2D eigenvalue weighted by Gasteiger charge is 2.39. The maximum absolute atomic E-state index is 10.8. The highest BCUT2D eigenvalue weighted by molar-refractivity contribution is 6.87. The summed E-state index contributed by atoms with van der Waals surface area (Å²) in [5.74, 6) is -0.841. The predicted octanol–water partition coefficient (Wildman–Crippen LogP) is 4.57. The second-order valence-corrected chi connectivity index (χ2v) is 20.5. The van der Waals surface area contributed by atoms with Crippen LogP contribution in [0.4, 0.5) is 0 Å². The largest absolute Gasteiger partial charge is 0.478 e. The molecule has 4 nitrogen and oxygen atoms in total. The fourth-order valence-corrected chi connectivity index (χ4v) is 14.8. The minimum absolute atomic E-state index is 0.413. The van der Waals surface area contributed by atoms with Crippen molar-refractivity contribution in [2.45, 2.75) is 71.6 Å². The van der Waals surface area contributed by atoms with E-state index in [-0.39, 0.29) is 0 Å². The summed E-state index contributed by atoms with van der Waals surface area (Å²) in [5.41, 5.74) is 0.413. The first-order valence-corrected chi connectivity index (χ1v) is 16.9. The average molecular weight is 349 g/mol. The zero-order valence-corrected chi connectivity index (χ0v) is 17.9. The molecule has 21 heavy (non-hydrogen) atoms. The topological polar surface area (TPSA) is 55.8 Å². The standard InChI is InChI=1S/C14H32O4Si3/c1-13(14(15)16)11-9-10-12-21(8,17-19(2,3)4)18-20(5,6)7/h11H,9-10,12H2,1-8H3,(H,15,16). The summed E-state index contributed by atoms with van der Waals surface area (Å²) in [4.78, 5) is 10.8. The van der Waals surface area contributed by atoms with Crippen LogP contribution in [-0.4, -0.2) is 36.3 Å². The average Bonchev–Trinajstić information content (AvgIpc) is 2.18. The van der Waals surface area contributed by atoms with Gasteiger partial charge >= 0.3 is 14.5 Å². The summed E-state index contributed by atoms with van der Waals surface area (Å²) in [7, 11) is -5.46. The molecule has 0 heterocycles. The van der Waals surface area contributed by atoms with Crippen molar-refractivity contribution >= 4 is 31.2 Å². The molecule has 0 spiro atoms. The third-order valence-electron chi connectivity index (χ3n) is 2.67. The molecule has 0 aromatic heterocycles. The summed E-state index contributed by atoms with van der Waals surface area (Å²) >= 11 is 0. The van der Waals surface area contributed by atoms with Crippen molar-refractivity contribution in [3.63, 3.8) is 0 Å². The molecule has 0 amide bonds. The number of rotatable bonds is 9. The lowest BCUT2D eigenvalue weighted by Gasteiger charge is -2.38. The SMILES string of the molecule is CC(=CCCC[Si](C)(O[Si](C)(C)C)O[Si](C)(C)C)C(=O)O. The number of hydrogen-bond donors (Lipinski definition) is 1. The molecule has 0 aromatic rings. The van der Waals surface area contributed by atoms with Crippen LogP contribution in [0.5, 0.6) is 0 Å². The quantitative estimate of drug-likeness (QED) is 0.376. The Morgan fingerprint density at radius 1 is 1.00 bits per heavy atom. The number of carbonyl (C=O) groups is 1. The summed E-state index contributed by atoms with van der Waals surface area (Å²) < 4.78 is 12.8. The molecule has 0 fully saturated rings. The van der Waals surface area contributed by atoms with Crippen molar-refractivity contribution < 1.29 is 18.1 Å². The van der Waals surface area contributed by atoms with E-state index in [0.717, 1.165) is 18.9 Å². The molecular formula is C14H32O4Si3. The molecule has 124 valence electrons. The Morgan fingerprint density at radius 2 is 1.43 bits per heavy atom. The first-order valence-electron chi connectivity index (χ1n) is 7.54. The van der Waals surface area contributed by atoms with Crippen molar-refractivity contribution in [3.05, 3.63) is 11.6 Å². The van der Waals surface area contributed by atoms with Gasteiger partial charge in [-0.3, -0.25) is 0 Å². The minimum atomic E-state index is -2.17. The zero-order chi connectivity index (χ0) is 16.9. The molecule has 0 saturated carbocycles. The van der Waals surface area contributed by atoms with Gasteiger partial charge in [-0.15, -0.1) is 0 Å². The van der Waals surface area contributed by atoms with Gasteiger partial charge < -0.3 is 13.3 Å². The van der Waals surface area contributed by atoms with E-state index in [1.54, 1.807) is 13.0 Å². The molecule has 0 aliphatic rings. The van der Waals surface area contributed by atoms with E-state index in [9.17, 15) is 4.79 Å². The molecule has 0 radical (unpaired) electrons. The predicted molar refractivity (Wildman–Crippen MR) is 95.9 cm³/mol. The van der Waals surface area contributed by atoms with E-state index in [1.165, 1.54) is 0 Å². The van der Waals surface area contributed by atoms with Crippen LogP contribution in [0.2, 0.25) is 51.9 Å². The zero-order valence-electron chi connectivity index (χ0n) is 14.9. The first-order chi connectivity index (χ1) is 9.24. The van der Waals surface area contributed by atoms with Crippen LogP contribution in [0.3, 0.4) is 0 Å². The Hall–Kier alpha value is -0.219. The number of aliphatic carboxylic acids is 1. The van der Waals surface area contributed by atoms with E-state index < -0.39 is 31.2 Å². The van der Waals surface area contributed by atoms with E-state index in [0.29, 0.717) is 5.57 Å². The van der Waals surface area contributed by atoms with E-state index in [1.807, 2.05) is 0 Å². The molecule has 0 bridgehead atoms. The van der Waals surface area contributed by atoms with Gasteiger partial charge in [-0.1, -0.05) is 6.08 Å². The molecule has 0 unspecified atom stereocenters. The lowest BCUT2D eigenvalue weighted by atomic mass is 10.2. The molecule has 0 atom stereocenters. The molecule has 0 rings (SSSR count). The van der Waals surface area contributed by atoms with Crippen LogP contribution in [-0.2, 0) is 13.0 Å². The summed E-state index contributed by atoms with van der Waals surface area (Å²) in [6.45, 7) is 17.0. The van der Waals surface area contributed by atoms with Crippen molar-refractivity contribution in [1.82, 2.24) is 0 Å². The monoisotopic (exact) mass is 348 g/mol. The van der Waals surface area contributed by atoms with Gasteiger partial charge in [-0.2, -0.15) is 0 Å². The molecule has 0 aliphatic carbocycles. The second-order valence-electron chi connectivity index (χ2n) is 7.65. The second kappa shape index (κ2) is 7.87. The van der Waals surface area contributed by atoms with E-state index in [2.05, 4.69) is 45.8 Å². The van der Waals surface area contributed by atoms with E-state index in [4.69, 9.17) is 13.3 Å². The van der Waals surface area contributed by atoms with Crippen LogP contribution in [0.1, 0.15) is 19.8 Å². The fourth-order valence-electron chi connectivity index (χ4n) is 2.25. The third kappa shape index (κ3) is 11.1. The fraction of sp³-hybridized carbons (Fsp3) is 0.786. The van der Waals surface area contributed by atoms with E-state index >= 15 is 0 Å². The molecule has 1 N–H and O–H groups in total. The summed E-state index contributed by atoms with van der Waals surface area (Å²) in [5, 5.41) is 8.85. The Kier molecular flexibility index (Phi) is 7.78. The van der Waals surface area contributed by atoms with Gasteiger partial charge in [0.1, 0.15) is 0 Å². The Labute approximate surface area is 133 Å². The van der Waals surface area contributed by atoms with Gasteiger partial charge in [0.2, 0.25) is 0 Å². The van der Waals surface area contributed by atoms with Gasteiger partial charge in [0, 0.05) is 5.57 Å². The van der Waals surface area contributed by atoms with Crippen molar-refractivity contribution in [1.29, 1.82) is 0 Å². The molecule has 0 aromatic carbocycles. The molecule has 7 heteroatoms. The van der Waals surface area contributed by atoms with Gasteiger partial charge in [-0.25, -0.2) is 4.79 Å². The normalized spacial score (nSPS) is 14.4. The van der Waals surface area contributed by atoms with Gasteiger partial charge in [-0.05, 0) is 71.6 Å². The lowest BCUT2D eigenvalue weighted by Crippen LogP contribution is -2.52. The lowest BCUT2D eigenvalue weighted by molar-refractivity contribution is -0.132. The number of carboxylic acid groups (broad SMARTS) is 1. The Balaban J connectivity index is 4.70. The number of hydrogen-bond acceptors (Lipinski definition) is 3. The summed E-state index contributed by atoms with van der Waals surface area (Å²) in [6.07, 6.45) is 3.48. The maximum Gasteiger partial charge on any atom is 0.330 e. The highest BCUT2D eigenvalue weighted by atomic mass is 28.5. The third-order valence-corrected chi connectivity index (χ3v) is 12.3. The van der Waals surface area contributed by atoms with Crippen LogP contribution >= 0.6 is 0 Å². The van der Waals surface area contributed by atoms with Crippen LogP contribution < -0.4 is 0 Å². The Bertz CT molecular complexity index is 365. The van der Waals surface area contributed by atoms with Gasteiger partial charge in [0.15, 0.2) is 16.6 Å². The van der Waals surface area contributed by atoms with Crippen LogP contribution in [0.15, 0.2) is 11.6 Å². The van der Waals surface area contributed by atoms with Crippen LogP contribution in [0.25, 0.3) is 0 Å².